The summed E-state index contributed by atoms with van der Waals surface area (Å²) in [6.45, 7) is 13.7. The molecule has 2 aliphatic rings. The molecule has 5 rings (SSSR count). The molecule has 0 N–H and O–H groups in total. The van der Waals surface area contributed by atoms with E-state index in [-0.39, 0.29) is 12.8 Å². The summed E-state index contributed by atoms with van der Waals surface area (Å²) >= 11 is 0. The fourth-order valence-corrected chi connectivity index (χ4v) is 4.93. The second kappa shape index (κ2) is 9.02. The van der Waals surface area contributed by atoms with E-state index in [1.165, 1.54) is 16.8 Å². The molecule has 0 radical (unpaired) electrons. The average molecular weight is 449 g/mol. The molecule has 1 atom stereocenters. The minimum atomic E-state index is 0.162. The first-order valence-electron chi connectivity index (χ1n) is 11.7. The Kier molecular flexibility index (Phi) is 5.93. The molecule has 2 aromatic carbocycles. The Morgan fingerprint density at radius 2 is 1.73 bits per heavy atom. The molecule has 3 heterocycles. The number of aryl methyl sites for hydroxylation is 2. The Bertz CT molecular complexity index is 1120. The first-order valence-corrected chi connectivity index (χ1v) is 11.7. The highest BCUT2D eigenvalue weighted by Crippen LogP contribution is 2.34. The summed E-state index contributed by atoms with van der Waals surface area (Å²) in [6, 6.07) is 12.9. The fourth-order valence-electron chi connectivity index (χ4n) is 4.93. The molecular formula is C25H32N6O2. The normalized spacial score (nSPS) is 17.1. The minimum Gasteiger partial charge on any atom is -0.454 e. The number of aromatic nitrogens is 4. The van der Waals surface area contributed by atoms with Crippen LogP contribution in [0.3, 0.4) is 0 Å². The molecule has 33 heavy (non-hydrogen) atoms. The lowest BCUT2D eigenvalue weighted by Crippen LogP contribution is -2.49. The monoisotopic (exact) mass is 448 g/mol. The number of hydrogen-bond donors (Lipinski definition) is 0. The second-order valence-corrected chi connectivity index (χ2v) is 9.38. The fraction of sp³-hybridized carbons (Fsp3) is 0.480. The van der Waals surface area contributed by atoms with Gasteiger partial charge in [-0.1, -0.05) is 32.0 Å². The number of piperazine rings is 1. The molecule has 0 spiro atoms. The van der Waals surface area contributed by atoms with Gasteiger partial charge in [0, 0.05) is 31.9 Å². The molecule has 8 nitrogen and oxygen atoms in total. The van der Waals surface area contributed by atoms with Crippen LogP contribution in [-0.2, 0) is 6.54 Å². The van der Waals surface area contributed by atoms with E-state index in [2.05, 4.69) is 71.2 Å². The van der Waals surface area contributed by atoms with Crippen LogP contribution in [-0.4, -0.2) is 58.1 Å². The van der Waals surface area contributed by atoms with Gasteiger partial charge in [0.25, 0.3) is 0 Å². The maximum Gasteiger partial charge on any atom is 0.231 e. The molecule has 3 aromatic rings. The number of tetrazole rings is 1. The number of fused-ring (bicyclic) bond motifs is 1. The third-order valence-corrected chi connectivity index (χ3v) is 6.64. The Morgan fingerprint density at radius 1 is 0.939 bits per heavy atom. The van der Waals surface area contributed by atoms with Crippen molar-refractivity contribution in [2.24, 2.45) is 5.92 Å². The third-order valence-electron chi connectivity index (χ3n) is 6.64. The molecule has 174 valence electrons. The highest BCUT2D eigenvalue weighted by Gasteiger charge is 2.32. The summed E-state index contributed by atoms with van der Waals surface area (Å²) in [7, 11) is 0. The number of hydrogen-bond acceptors (Lipinski definition) is 7. The second-order valence-electron chi connectivity index (χ2n) is 9.38. The van der Waals surface area contributed by atoms with E-state index < -0.39 is 0 Å². The largest absolute Gasteiger partial charge is 0.454 e. The number of benzene rings is 2. The summed E-state index contributed by atoms with van der Waals surface area (Å²) < 4.78 is 12.9. The van der Waals surface area contributed by atoms with Gasteiger partial charge in [-0.3, -0.25) is 4.90 Å². The predicted octanol–water partition coefficient (Wildman–Crippen LogP) is 3.59. The summed E-state index contributed by atoms with van der Waals surface area (Å²) in [5.41, 5.74) is 5.08. The summed E-state index contributed by atoms with van der Waals surface area (Å²) in [6.07, 6.45) is 0. The topological polar surface area (TPSA) is 68.5 Å². The van der Waals surface area contributed by atoms with Crippen molar-refractivity contribution >= 4 is 5.69 Å². The van der Waals surface area contributed by atoms with E-state index in [1.54, 1.807) is 0 Å². The smallest absolute Gasteiger partial charge is 0.231 e. The van der Waals surface area contributed by atoms with Gasteiger partial charge in [-0.15, -0.1) is 5.10 Å². The van der Waals surface area contributed by atoms with Gasteiger partial charge in [0.15, 0.2) is 17.3 Å². The van der Waals surface area contributed by atoms with E-state index >= 15 is 0 Å². The van der Waals surface area contributed by atoms with Crippen LogP contribution in [0.15, 0.2) is 36.4 Å². The van der Waals surface area contributed by atoms with E-state index in [0.29, 0.717) is 12.5 Å². The Hall–Kier alpha value is -3.13. The van der Waals surface area contributed by atoms with Gasteiger partial charge in [0.05, 0.1) is 12.6 Å². The number of rotatable bonds is 6. The van der Waals surface area contributed by atoms with Crippen LogP contribution >= 0.6 is 0 Å². The summed E-state index contributed by atoms with van der Waals surface area (Å²) in [4.78, 5) is 5.04. The molecule has 2 aliphatic heterocycles. The molecule has 1 saturated heterocycles. The van der Waals surface area contributed by atoms with Gasteiger partial charge in [0.1, 0.15) is 0 Å². The minimum absolute atomic E-state index is 0.162. The molecule has 1 aromatic heterocycles. The van der Waals surface area contributed by atoms with Crippen molar-refractivity contribution in [3.63, 3.8) is 0 Å². The highest BCUT2D eigenvalue weighted by molar-refractivity contribution is 5.55. The summed E-state index contributed by atoms with van der Waals surface area (Å²) in [5, 5.41) is 12.9. The van der Waals surface area contributed by atoms with E-state index in [1.807, 2.05) is 22.9 Å². The van der Waals surface area contributed by atoms with Crippen LogP contribution in [0, 0.1) is 19.8 Å². The van der Waals surface area contributed by atoms with Crippen LogP contribution in [0.5, 0.6) is 11.5 Å². The lowest BCUT2D eigenvalue weighted by atomic mass is 10.00. The van der Waals surface area contributed by atoms with E-state index in [0.717, 1.165) is 49.1 Å². The number of anilines is 1. The van der Waals surface area contributed by atoms with E-state index in [4.69, 9.17) is 9.47 Å². The number of ether oxygens (including phenoxy) is 2. The molecule has 0 bridgehead atoms. The highest BCUT2D eigenvalue weighted by atomic mass is 16.7. The van der Waals surface area contributed by atoms with Crippen LogP contribution in [0.4, 0.5) is 5.69 Å². The van der Waals surface area contributed by atoms with Crippen molar-refractivity contribution in [2.75, 3.05) is 37.9 Å². The predicted molar refractivity (Wildman–Crippen MR) is 127 cm³/mol. The lowest BCUT2D eigenvalue weighted by Gasteiger charge is -2.41. The van der Waals surface area contributed by atoms with Crippen molar-refractivity contribution in [1.82, 2.24) is 25.1 Å². The molecule has 0 unspecified atom stereocenters. The number of nitrogens with zero attached hydrogens (tertiary/aromatic N) is 6. The van der Waals surface area contributed by atoms with Gasteiger partial charge in [-0.2, -0.15) is 0 Å². The van der Waals surface area contributed by atoms with Gasteiger partial charge < -0.3 is 14.4 Å². The lowest BCUT2D eigenvalue weighted by molar-refractivity contribution is 0.135. The third kappa shape index (κ3) is 4.39. The summed E-state index contributed by atoms with van der Waals surface area (Å²) in [5.74, 6) is 2.88. The van der Waals surface area contributed by atoms with Crippen molar-refractivity contribution < 1.29 is 9.47 Å². The van der Waals surface area contributed by atoms with Crippen LogP contribution in [0.2, 0.25) is 0 Å². The van der Waals surface area contributed by atoms with Gasteiger partial charge in [-0.25, -0.2) is 4.68 Å². The molecule has 1 fully saturated rings. The Labute approximate surface area is 195 Å². The molecule has 0 aliphatic carbocycles. The van der Waals surface area contributed by atoms with Crippen molar-refractivity contribution in [1.29, 1.82) is 0 Å². The van der Waals surface area contributed by atoms with Gasteiger partial charge in [0.2, 0.25) is 6.79 Å². The first kappa shape index (κ1) is 21.7. The van der Waals surface area contributed by atoms with Crippen molar-refractivity contribution in [3.05, 3.63) is 58.9 Å². The van der Waals surface area contributed by atoms with Gasteiger partial charge >= 0.3 is 0 Å². The maximum absolute atomic E-state index is 5.54. The van der Waals surface area contributed by atoms with Crippen molar-refractivity contribution in [3.8, 4) is 11.5 Å². The quantitative estimate of drug-likeness (QED) is 0.571. The standard InChI is InChI=1S/C25H32N6O2/c1-17(2)24(30-11-9-29(10-12-30)21-13-18(3)5-6-19(21)4)25-26-27-28-31(25)15-20-7-8-22-23(14-20)33-16-32-22/h5-8,13-14,17,24H,9-12,15-16H2,1-4H3/t24-/m1/s1. The zero-order valence-corrected chi connectivity index (χ0v) is 19.9. The zero-order valence-electron chi connectivity index (χ0n) is 19.9. The Balaban J connectivity index is 1.32. The maximum atomic E-state index is 5.54. The zero-order chi connectivity index (χ0) is 22.9. The van der Waals surface area contributed by atoms with Crippen LogP contribution in [0.1, 0.15) is 42.4 Å². The molecule has 0 saturated carbocycles. The molecule has 8 heteroatoms. The van der Waals surface area contributed by atoms with Crippen molar-refractivity contribution in [2.45, 2.75) is 40.3 Å². The molecular weight excluding hydrogens is 416 g/mol. The first-order chi connectivity index (χ1) is 16.0. The molecule has 0 amide bonds. The van der Waals surface area contributed by atoms with Gasteiger partial charge in [-0.05, 0) is 65.1 Å². The van der Waals surface area contributed by atoms with E-state index in [9.17, 15) is 0 Å². The average Bonchev–Trinajstić information content (AvgIpc) is 3.45. The van der Waals surface area contributed by atoms with Crippen LogP contribution < -0.4 is 14.4 Å². The Morgan fingerprint density at radius 3 is 2.52 bits per heavy atom. The van der Waals surface area contributed by atoms with Crippen LogP contribution in [0.25, 0.3) is 0 Å². The SMILES string of the molecule is Cc1ccc(C)c(N2CCN([C@@H](c3nnnn3Cc3ccc4c(c3)OCO4)C(C)C)CC2)c1.